The third-order valence-corrected chi connectivity index (χ3v) is 7.29. The summed E-state index contributed by atoms with van der Waals surface area (Å²) in [5.74, 6) is -1.26. The minimum absolute atomic E-state index is 0.0436. The number of carbonyl (C=O) groups is 4. The molecule has 0 aromatic heterocycles. The Hall–Kier alpha value is -5.35. The first-order valence-electron chi connectivity index (χ1n) is 13.2. The summed E-state index contributed by atoms with van der Waals surface area (Å²) in [6.07, 6.45) is 1.57. The Kier molecular flexibility index (Phi) is 10.3. The van der Waals surface area contributed by atoms with Gasteiger partial charge in [0.1, 0.15) is 11.4 Å². The fraction of sp³-hybridized carbons (Fsp3) is 0.0909. The average molecular weight is 595 g/mol. The van der Waals surface area contributed by atoms with Gasteiger partial charge in [-0.25, -0.2) is 0 Å². The Balaban J connectivity index is 1.45. The lowest BCUT2D eigenvalue weighted by Crippen LogP contribution is -2.30. The van der Waals surface area contributed by atoms with Crippen LogP contribution in [-0.2, 0) is 9.59 Å². The zero-order valence-corrected chi connectivity index (χ0v) is 24.3. The van der Waals surface area contributed by atoms with Crippen LogP contribution in [0, 0.1) is 0 Å². The molecule has 4 amide bonds. The number of nitrogens with one attached hydrogen (secondary N) is 3. The van der Waals surface area contributed by atoms with Gasteiger partial charge in [0.05, 0.1) is 23.6 Å². The molecule has 43 heavy (non-hydrogen) atoms. The van der Waals surface area contributed by atoms with Crippen LogP contribution in [0.5, 0.6) is 5.75 Å². The zero-order chi connectivity index (χ0) is 30.8. The fourth-order valence-electron chi connectivity index (χ4n) is 3.95. The minimum atomic E-state index is -0.630. The Morgan fingerprint density at radius 2 is 1.53 bits per heavy atom. The summed E-state index contributed by atoms with van der Waals surface area (Å²) in [7, 11) is 1.55. The largest absolute Gasteiger partial charge is 0.497 e. The SMILES string of the molecule is COc1cccc(/C=C(\NC(=O)c2ccccc2)C(=O)Nc2ccc(SC(C)C(=O)Nc3ccccc3C(N)=O)cc2)c1. The summed E-state index contributed by atoms with van der Waals surface area (Å²) in [6, 6.07) is 29.2. The van der Waals surface area contributed by atoms with Gasteiger partial charge >= 0.3 is 0 Å². The first-order valence-corrected chi connectivity index (χ1v) is 14.1. The van der Waals surface area contributed by atoms with E-state index >= 15 is 0 Å². The lowest BCUT2D eigenvalue weighted by atomic mass is 10.1. The molecular formula is C33H30N4O5S. The molecule has 9 nitrogen and oxygen atoms in total. The van der Waals surface area contributed by atoms with E-state index in [4.69, 9.17) is 10.5 Å². The quantitative estimate of drug-likeness (QED) is 0.137. The number of primary amides is 1. The number of para-hydroxylation sites is 1. The van der Waals surface area contributed by atoms with Crippen molar-refractivity contribution in [1.82, 2.24) is 5.32 Å². The summed E-state index contributed by atoms with van der Waals surface area (Å²) in [5, 5.41) is 7.78. The molecule has 1 atom stereocenters. The highest BCUT2D eigenvalue weighted by molar-refractivity contribution is 8.00. The molecule has 0 radical (unpaired) electrons. The van der Waals surface area contributed by atoms with Gasteiger partial charge < -0.3 is 26.4 Å². The number of carbonyl (C=O) groups excluding carboxylic acids is 4. The summed E-state index contributed by atoms with van der Waals surface area (Å²) in [5.41, 5.74) is 7.59. The standard InChI is InChI=1S/C33H30N4O5S/c1-21(31(39)36-28-14-7-6-13-27(28)30(34)38)43-26-17-15-24(16-18-26)35-33(41)29(20-22-9-8-12-25(19-22)42-2)37-32(40)23-10-4-3-5-11-23/h3-21H,1-2H3,(H2,34,38)(H,35,41)(H,36,39)(H,37,40)/b29-20-. The van der Waals surface area contributed by atoms with Crippen molar-refractivity contribution in [2.24, 2.45) is 5.73 Å². The highest BCUT2D eigenvalue weighted by Gasteiger charge is 2.18. The van der Waals surface area contributed by atoms with Gasteiger partial charge in [-0.1, -0.05) is 42.5 Å². The van der Waals surface area contributed by atoms with E-state index in [9.17, 15) is 19.2 Å². The molecule has 0 fully saturated rings. The maximum Gasteiger partial charge on any atom is 0.272 e. The molecule has 1 unspecified atom stereocenters. The molecule has 5 N–H and O–H groups in total. The third-order valence-electron chi connectivity index (χ3n) is 6.18. The van der Waals surface area contributed by atoms with Crippen LogP contribution in [0.2, 0.25) is 0 Å². The van der Waals surface area contributed by atoms with E-state index in [1.165, 1.54) is 11.8 Å². The van der Waals surface area contributed by atoms with Gasteiger partial charge in [0.2, 0.25) is 5.91 Å². The minimum Gasteiger partial charge on any atom is -0.497 e. The smallest absolute Gasteiger partial charge is 0.272 e. The van der Waals surface area contributed by atoms with Gasteiger partial charge in [-0.2, -0.15) is 0 Å². The van der Waals surface area contributed by atoms with E-state index in [-0.39, 0.29) is 17.2 Å². The normalized spacial score (nSPS) is 11.6. The molecule has 0 aliphatic carbocycles. The lowest BCUT2D eigenvalue weighted by Gasteiger charge is -2.14. The van der Waals surface area contributed by atoms with Crippen molar-refractivity contribution in [2.75, 3.05) is 17.7 Å². The molecule has 0 saturated heterocycles. The molecule has 218 valence electrons. The zero-order valence-electron chi connectivity index (χ0n) is 23.5. The van der Waals surface area contributed by atoms with Crippen LogP contribution in [0.25, 0.3) is 6.08 Å². The summed E-state index contributed by atoms with van der Waals surface area (Å²) >= 11 is 1.31. The maximum absolute atomic E-state index is 13.3. The highest BCUT2D eigenvalue weighted by atomic mass is 32.2. The van der Waals surface area contributed by atoms with Crippen LogP contribution >= 0.6 is 11.8 Å². The molecule has 10 heteroatoms. The number of ether oxygens (including phenoxy) is 1. The number of benzene rings is 4. The van der Waals surface area contributed by atoms with Gasteiger partial charge in [-0.05, 0) is 79.2 Å². The Bertz CT molecular complexity index is 1660. The van der Waals surface area contributed by atoms with Crippen LogP contribution < -0.4 is 26.4 Å². The average Bonchev–Trinajstić information content (AvgIpc) is 3.02. The number of nitrogens with two attached hydrogens (primary N) is 1. The van der Waals surface area contributed by atoms with Crippen molar-refractivity contribution in [3.05, 3.63) is 126 Å². The van der Waals surface area contributed by atoms with Crippen LogP contribution in [0.3, 0.4) is 0 Å². The van der Waals surface area contributed by atoms with Gasteiger partial charge in [0.25, 0.3) is 17.7 Å². The van der Waals surface area contributed by atoms with E-state index in [0.717, 1.165) is 4.90 Å². The van der Waals surface area contributed by atoms with Crippen LogP contribution in [0.1, 0.15) is 33.2 Å². The summed E-state index contributed by atoms with van der Waals surface area (Å²) in [4.78, 5) is 51.4. The first-order chi connectivity index (χ1) is 20.7. The van der Waals surface area contributed by atoms with Crippen LogP contribution in [0.4, 0.5) is 11.4 Å². The molecule has 0 aliphatic rings. The monoisotopic (exact) mass is 594 g/mol. The molecule has 4 rings (SSSR count). The molecule has 4 aromatic rings. The van der Waals surface area contributed by atoms with E-state index in [0.29, 0.717) is 28.3 Å². The van der Waals surface area contributed by atoms with E-state index in [1.807, 2.05) is 0 Å². The molecule has 0 saturated carbocycles. The molecule has 0 aliphatic heterocycles. The molecule has 0 bridgehead atoms. The third kappa shape index (κ3) is 8.57. The summed E-state index contributed by atoms with van der Waals surface area (Å²) in [6.45, 7) is 1.74. The highest BCUT2D eigenvalue weighted by Crippen LogP contribution is 2.26. The first kappa shape index (κ1) is 30.6. The van der Waals surface area contributed by atoms with Gasteiger partial charge in [-0.15, -0.1) is 11.8 Å². The number of amides is 4. The Labute approximate surface area is 253 Å². The Morgan fingerprint density at radius 1 is 0.837 bits per heavy atom. The van der Waals surface area contributed by atoms with Crippen LogP contribution in [-0.4, -0.2) is 36.0 Å². The topological polar surface area (TPSA) is 140 Å². The number of methoxy groups -OCH3 is 1. The number of anilines is 2. The number of hydrogen-bond donors (Lipinski definition) is 4. The van der Waals surface area contributed by atoms with Crippen molar-refractivity contribution in [3.63, 3.8) is 0 Å². The second-order valence-corrected chi connectivity index (χ2v) is 10.7. The number of hydrogen-bond acceptors (Lipinski definition) is 6. The number of thioether (sulfide) groups is 1. The molecule has 0 spiro atoms. The van der Waals surface area contributed by atoms with Crippen molar-refractivity contribution >= 4 is 52.8 Å². The van der Waals surface area contributed by atoms with Crippen molar-refractivity contribution in [2.45, 2.75) is 17.1 Å². The fourth-order valence-corrected chi connectivity index (χ4v) is 4.82. The predicted octanol–water partition coefficient (Wildman–Crippen LogP) is 5.32. The van der Waals surface area contributed by atoms with Gasteiger partial charge in [-0.3, -0.25) is 19.2 Å². The lowest BCUT2D eigenvalue weighted by molar-refractivity contribution is -0.115. The maximum atomic E-state index is 13.3. The molecular weight excluding hydrogens is 564 g/mol. The van der Waals surface area contributed by atoms with Gasteiger partial charge in [0.15, 0.2) is 0 Å². The second-order valence-electron chi connectivity index (χ2n) is 9.29. The van der Waals surface area contributed by atoms with E-state index in [2.05, 4.69) is 16.0 Å². The van der Waals surface area contributed by atoms with Gasteiger partial charge in [0, 0.05) is 16.1 Å². The van der Waals surface area contributed by atoms with Crippen LogP contribution in [0.15, 0.2) is 114 Å². The van der Waals surface area contributed by atoms with Crippen molar-refractivity contribution in [3.8, 4) is 5.75 Å². The predicted molar refractivity (Wildman–Crippen MR) is 169 cm³/mol. The van der Waals surface area contributed by atoms with Crippen molar-refractivity contribution < 1.29 is 23.9 Å². The molecule has 0 heterocycles. The summed E-state index contributed by atoms with van der Waals surface area (Å²) < 4.78 is 5.28. The Morgan fingerprint density at radius 3 is 2.23 bits per heavy atom. The molecule has 4 aromatic carbocycles. The van der Waals surface area contributed by atoms with E-state index < -0.39 is 23.0 Å². The van der Waals surface area contributed by atoms with Crippen molar-refractivity contribution in [1.29, 1.82) is 0 Å². The second kappa shape index (κ2) is 14.5. The van der Waals surface area contributed by atoms with E-state index in [1.54, 1.807) is 123 Å². The number of rotatable bonds is 11.